The number of para-hydroxylation sites is 1. The molecule has 0 saturated heterocycles. The van der Waals surface area contributed by atoms with Crippen molar-refractivity contribution < 1.29 is 27.4 Å². The van der Waals surface area contributed by atoms with E-state index in [1.165, 1.54) is 31.4 Å². The minimum Gasteiger partial charge on any atom is -0.486 e. The zero-order chi connectivity index (χ0) is 23.3. The van der Waals surface area contributed by atoms with Gasteiger partial charge >= 0.3 is 0 Å². The van der Waals surface area contributed by atoms with Crippen LogP contribution in [-0.4, -0.2) is 46.8 Å². The Morgan fingerprint density at radius 3 is 2.64 bits per heavy atom. The largest absolute Gasteiger partial charge is 0.486 e. The summed E-state index contributed by atoms with van der Waals surface area (Å²) in [6.07, 6.45) is 4.89. The van der Waals surface area contributed by atoms with E-state index in [-0.39, 0.29) is 28.2 Å². The van der Waals surface area contributed by atoms with Gasteiger partial charge in [-0.15, -0.1) is 0 Å². The lowest BCUT2D eigenvalue weighted by Gasteiger charge is -2.28. The van der Waals surface area contributed by atoms with Crippen LogP contribution in [0.3, 0.4) is 0 Å². The fourth-order valence-corrected chi connectivity index (χ4v) is 5.26. The molecule has 1 heterocycles. The van der Waals surface area contributed by atoms with E-state index in [9.17, 15) is 13.2 Å². The van der Waals surface area contributed by atoms with E-state index < -0.39 is 10.0 Å². The van der Waals surface area contributed by atoms with Crippen LogP contribution in [0.25, 0.3) is 0 Å². The molecule has 2 atom stereocenters. The highest BCUT2D eigenvalue weighted by Crippen LogP contribution is 2.33. The van der Waals surface area contributed by atoms with Crippen LogP contribution in [0.1, 0.15) is 43.0 Å². The van der Waals surface area contributed by atoms with Gasteiger partial charge in [0.15, 0.2) is 11.5 Å². The summed E-state index contributed by atoms with van der Waals surface area (Å²) in [6, 6.07) is 10.9. The Kier molecular flexibility index (Phi) is 7.39. The zero-order valence-electron chi connectivity index (χ0n) is 18.7. The summed E-state index contributed by atoms with van der Waals surface area (Å²) >= 11 is 0. The molecule has 0 aromatic heterocycles. The van der Waals surface area contributed by atoms with Gasteiger partial charge in [-0.1, -0.05) is 31.9 Å². The second kappa shape index (κ2) is 10.4. The van der Waals surface area contributed by atoms with Gasteiger partial charge in [0.05, 0.1) is 28.9 Å². The molecule has 4 rings (SSSR count). The first kappa shape index (κ1) is 23.4. The average Bonchev–Trinajstić information content (AvgIpc) is 2.82. The Balaban J connectivity index is 1.39. The Hall–Kier alpha value is -2.78. The number of nitrogens with one attached hydrogen (secondary N) is 2. The lowest BCUT2D eigenvalue weighted by Crippen LogP contribution is -2.32. The lowest BCUT2D eigenvalue weighted by atomic mass is 9.88. The van der Waals surface area contributed by atoms with Crippen molar-refractivity contribution in [2.75, 3.05) is 31.1 Å². The minimum atomic E-state index is -3.94. The molecule has 0 spiro atoms. The molecule has 0 radical (unpaired) electrons. The predicted molar refractivity (Wildman–Crippen MR) is 124 cm³/mol. The Bertz CT molecular complexity index is 1090. The first-order valence-electron chi connectivity index (χ1n) is 11.4. The number of ether oxygens (including phenoxy) is 3. The number of benzene rings is 2. The second-order valence-electron chi connectivity index (χ2n) is 8.38. The van der Waals surface area contributed by atoms with E-state index in [2.05, 4.69) is 17.0 Å². The molecular formula is C24H30N2O6S. The highest BCUT2D eigenvalue weighted by atomic mass is 32.2. The highest BCUT2D eigenvalue weighted by Gasteiger charge is 2.23. The average molecular weight is 475 g/mol. The van der Waals surface area contributed by atoms with Crippen molar-refractivity contribution in [1.29, 1.82) is 0 Å². The van der Waals surface area contributed by atoms with Crippen LogP contribution in [0.15, 0.2) is 47.4 Å². The van der Waals surface area contributed by atoms with Gasteiger partial charge in [0.1, 0.15) is 13.2 Å². The van der Waals surface area contributed by atoms with Crippen molar-refractivity contribution in [2.45, 2.75) is 43.6 Å². The van der Waals surface area contributed by atoms with E-state index in [4.69, 9.17) is 14.2 Å². The summed E-state index contributed by atoms with van der Waals surface area (Å²) < 4.78 is 45.3. The van der Waals surface area contributed by atoms with Gasteiger partial charge in [0, 0.05) is 12.6 Å². The third-order valence-corrected chi connectivity index (χ3v) is 7.36. The van der Waals surface area contributed by atoms with Crippen LogP contribution >= 0.6 is 0 Å². The molecule has 8 nitrogen and oxygen atoms in total. The quantitative estimate of drug-likeness (QED) is 0.567. The van der Waals surface area contributed by atoms with Crippen molar-refractivity contribution in [2.24, 2.45) is 5.92 Å². The fourth-order valence-electron chi connectivity index (χ4n) is 4.16. The van der Waals surface area contributed by atoms with Crippen molar-refractivity contribution in [1.82, 2.24) is 5.32 Å². The first-order chi connectivity index (χ1) is 15.9. The highest BCUT2D eigenvalue weighted by molar-refractivity contribution is 7.92. The molecule has 1 fully saturated rings. The maximum absolute atomic E-state index is 13.0. The van der Waals surface area contributed by atoms with Gasteiger partial charge in [-0.2, -0.15) is 0 Å². The van der Waals surface area contributed by atoms with Crippen molar-refractivity contribution in [3.05, 3.63) is 48.0 Å². The molecule has 2 unspecified atom stereocenters. The number of amides is 1. The summed E-state index contributed by atoms with van der Waals surface area (Å²) in [7, 11) is -3.94. The molecule has 178 valence electrons. The Morgan fingerprint density at radius 1 is 1.06 bits per heavy atom. The Morgan fingerprint density at radius 2 is 1.82 bits per heavy atom. The summed E-state index contributed by atoms with van der Waals surface area (Å²) in [5, 5.41) is 2.82. The number of carbonyl (C=O) groups excluding carboxylic acids is 1. The molecule has 1 amide bonds. The van der Waals surface area contributed by atoms with Gasteiger partial charge in [-0.25, -0.2) is 8.42 Å². The van der Waals surface area contributed by atoms with E-state index in [0.717, 1.165) is 6.42 Å². The van der Waals surface area contributed by atoms with Crippen LogP contribution in [0.5, 0.6) is 11.5 Å². The van der Waals surface area contributed by atoms with Crippen molar-refractivity contribution in [3.8, 4) is 11.5 Å². The lowest BCUT2D eigenvalue weighted by molar-refractivity contribution is -0.00293. The first-order valence-corrected chi connectivity index (χ1v) is 12.8. The standard InChI is InChI=1S/C24H30N2O6S/c1-17-6-2-5-9-21(17)30-13-12-25-24(27)19-7-3-4-8-20(19)26-33(28,29)18-10-11-22-23(16-18)32-15-14-31-22/h3-4,7-8,10-11,16-17,21,26H,2,5-6,9,12-15H2,1H3,(H,25,27). The van der Waals surface area contributed by atoms with Crippen molar-refractivity contribution >= 4 is 21.6 Å². The second-order valence-corrected chi connectivity index (χ2v) is 10.1. The maximum Gasteiger partial charge on any atom is 0.262 e. The zero-order valence-corrected chi connectivity index (χ0v) is 19.5. The van der Waals surface area contributed by atoms with E-state index in [1.54, 1.807) is 30.3 Å². The molecule has 9 heteroatoms. The van der Waals surface area contributed by atoms with Crippen molar-refractivity contribution in [3.63, 3.8) is 0 Å². The SMILES string of the molecule is CC1CCCCC1OCCNC(=O)c1ccccc1NS(=O)(=O)c1ccc2c(c1)OCCO2. The molecule has 2 aromatic carbocycles. The summed E-state index contributed by atoms with van der Waals surface area (Å²) in [5.74, 6) is 1.05. The van der Waals surface area contributed by atoms with Gasteiger partial charge < -0.3 is 19.5 Å². The number of sulfonamides is 1. The molecule has 1 saturated carbocycles. The third kappa shape index (κ3) is 5.78. The fraction of sp³-hybridized carbons (Fsp3) is 0.458. The van der Waals surface area contributed by atoms with E-state index in [1.807, 2.05) is 0 Å². The smallest absolute Gasteiger partial charge is 0.262 e. The third-order valence-electron chi connectivity index (χ3n) is 5.99. The summed E-state index contributed by atoms with van der Waals surface area (Å²) in [4.78, 5) is 12.8. The summed E-state index contributed by atoms with van der Waals surface area (Å²) in [6.45, 7) is 3.75. The molecule has 2 N–H and O–H groups in total. The number of hydrogen-bond donors (Lipinski definition) is 2. The van der Waals surface area contributed by atoms with Crippen LogP contribution < -0.4 is 19.5 Å². The molecule has 1 aliphatic carbocycles. The molecule has 2 aromatic rings. The molecular weight excluding hydrogens is 444 g/mol. The Labute approximate surface area is 194 Å². The van der Waals surface area contributed by atoms with E-state index in [0.29, 0.717) is 43.8 Å². The molecule has 1 aliphatic heterocycles. The van der Waals surface area contributed by atoms with Gasteiger partial charge in [-0.05, 0) is 43.0 Å². The van der Waals surface area contributed by atoms with Gasteiger partial charge in [0.25, 0.3) is 15.9 Å². The van der Waals surface area contributed by atoms with Crippen LogP contribution in [-0.2, 0) is 14.8 Å². The molecule has 0 bridgehead atoms. The monoisotopic (exact) mass is 474 g/mol. The van der Waals surface area contributed by atoms with Gasteiger partial charge in [-0.3, -0.25) is 9.52 Å². The minimum absolute atomic E-state index is 0.0250. The number of hydrogen-bond acceptors (Lipinski definition) is 6. The molecule has 33 heavy (non-hydrogen) atoms. The van der Waals surface area contributed by atoms with Gasteiger partial charge in [0.2, 0.25) is 0 Å². The van der Waals surface area contributed by atoms with Crippen LogP contribution in [0.4, 0.5) is 5.69 Å². The number of anilines is 1. The number of rotatable bonds is 8. The van der Waals surface area contributed by atoms with Crippen LogP contribution in [0.2, 0.25) is 0 Å². The summed E-state index contributed by atoms with van der Waals surface area (Å²) in [5.41, 5.74) is 0.441. The molecule has 2 aliphatic rings. The topological polar surface area (TPSA) is 103 Å². The van der Waals surface area contributed by atoms with Crippen LogP contribution in [0, 0.1) is 5.92 Å². The number of carbonyl (C=O) groups is 1. The maximum atomic E-state index is 13.0. The number of fused-ring (bicyclic) bond motifs is 1. The normalized spacial score (nSPS) is 20.2. The predicted octanol–water partition coefficient (Wildman–Crippen LogP) is 3.58. The van der Waals surface area contributed by atoms with E-state index >= 15 is 0 Å².